The second-order valence-electron chi connectivity index (χ2n) is 4.67. The highest BCUT2D eigenvalue weighted by molar-refractivity contribution is 6.30. The summed E-state index contributed by atoms with van der Waals surface area (Å²) in [6.07, 6.45) is 4.07. The molecule has 1 fully saturated rings. The van der Waals surface area contributed by atoms with Gasteiger partial charge >= 0.3 is 0 Å². The van der Waals surface area contributed by atoms with Crippen molar-refractivity contribution in [1.82, 2.24) is 5.32 Å². The summed E-state index contributed by atoms with van der Waals surface area (Å²) in [7, 11) is 0. The largest absolute Gasteiger partial charge is 0.377 e. The minimum absolute atomic E-state index is 0.345. The first-order chi connectivity index (χ1) is 8.25. The van der Waals surface area contributed by atoms with Crippen LogP contribution in [-0.4, -0.2) is 19.3 Å². The zero-order chi connectivity index (χ0) is 12.1. The molecule has 2 nitrogen and oxygen atoms in total. The van der Waals surface area contributed by atoms with Gasteiger partial charge in [0.25, 0.3) is 0 Å². The van der Waals surface area contributed by atoms with Gasteiger partial charge in [0.1, 0.15) is 0 Å². The lowest BCUT2D eigenvalue weighted by Gasteiger charge is -2.24. The number of hydrogen-bond donors (Lipinski definition) is 1. The van der Waals surface area contributed by atoms with Crippen molar-refractivity contribution in [2.24, 2.45) is 0 Å². The van der Waals surface area contributed by atoms with Gasteiger partial charge in [0.05, 0.1) is 6.10 Å². The van der Waals surface area contributed by atoms with Crippen LogP contribution in [-0.2, 0) is 4.74 Å². The number of benzene rings is 1. The maximum Gasteiger partial charge on any atom is 0.0699 e. The van der Waals surface area contributed by atoms with Gasteiger partial charge in [-0.15, -0.1) is 0 Å². The number of halogens is 1. The molecule has 2 rings (SSSR count). The zero-order valence-corrected chi connectivity index (χ0v) is 11.0. The van der Waals surface area contributed by atoms with E-state index in [9.17, 15) is 0 Å². The number of rotatable bonds is 4. The predicted octanol–water partition coefficient (Wildman–Crippen LogP) is 3.56. The summed E-state index contributed by atoms with van der Waals surface area (Å²) in [5.74, 6) is 0. The fraction of sp³-hybridized carbons (Fsp3) is 0.571. The van der Waals surface area contributed by atoms with Crippen LogP contribution in [0.4, 0.5) is 0 Å². The molecule has 0 bridgehead atoms. The Kier molecular flexibility index (Phi) is 4.84. The zero-order valence-electron chi connectivity index (χ0n) is 10.3. The third kappa shape index (κ3) is 3.98. The van der Waals surface area contributed by atoms with E-state index in [4.69, 9.17) is 16.3 Å². The quantitative estimate of drug-likeness (QED) is 0.886. The monoisotopic (exact) mass is 253 g/mol. The lowest BCUT2D eigenvalue weighted by atomic mass is 10.1. The van der Waals surface area contributed by atoms with Gasteiger partial charge in [0.15, 0.2) is 0 Å². The van der Waals surface area contributed by atoms with Crippen molar-refractivity contribution in [1.29, 1.82) is 0 Å². The highest BCUT2D eigenvalue weighted by Crippen LogP contribution is 2.17. The van der Waals surface area contributed by atoms with E-state index in [2.05, 4.69) is 24.4 Å². The molecule has 1 N–H and O–H groups in total. The van der Waals surface area contributed by atoms with Crippen molar-refractivity contribution in [3.05, 3.63) is 34.9 Å². The fourth-order valence-electron chi connectivity index (χ4n) is 2.15. The Labute approximate surface area is 108 Å². The Morgan fingerprint density at radius 3 is 2.76 bits per heavy atom. The summed E-state index contributed by atoms with van der Waals surface area (Å²) < 4.78 is 5.70. The van der Waals surface area contributed by atoms with E-state index in [0.717, 1.165) is 18.2 Å². The molecule has 0 aliphatic carbocycles. The maximum atomic E-state index is 5.87. The van der Waals surface area contributed by atoms with E-state index >= 15 is 0 Å². The standard InChI is InChI=1S/C14H20ClNO/c1-11(12-5-7-13(15)8-6-12)16-10-14-4-2-3-9-17-14/h5-8,11,14,16H,2-4,9-10H2,1H3/t11-,14?/m1/s1. The summed E-state index contributed by atoms with van der Waals surface area (Å²) in [4.78, 5) is 0. The first kappa shape index (κ1) is 12.9. The number of nitrogens with one attached hydrogen (secondary N) is 1. The summed E-state index contributed by atoms with van der Waals surface area (Å²) in [5, 5.41) is 4.31. The SMILES string of the molecule is C[C@@H](NCC1CCCCO1)c1ccc(Cl)cc1. The molecular formula is C14H20ClNO. The Morgan fingerprint density at radius 1 is 1.35 bits per heavy atom. The molecule has 1 heterocycles. The normalized spacial score (nSPS) is 22.4. The molecule has 1 saturated heterocycles. The molecule has 3 heteroatoms. The van der Waals surface area contributed by atoms with Crippen molar-refractivity contribution in [3.8, 4) is 0 Å². The predicted molar refractivity (Wildman–Crippen MR) is 71.5 cm³/mol. The van der Waals surface area contributed by atoms with Crippen molar-refractivity contribution in [2.75, 3.05) is 13.2 Å². The van der Waals surface area contributed by atoms with Crippen LogP contribution in [0, 0.1) is 0 Å². The molecule has 1 aromatic rings. The van der Waals surface area contributed by atoms with Crippen LogP contribution in [0.3, 0.4) is 0 Å². The number of ether oxygens (including phenoxy) is 1. The molecule has 2 atom stereocenters. The highest BCUT2D eigenvalue weighted by Gasteiger charge is 2.14. The van der Waals surface area contributed by atoms with Gasteiger partial charge in [-0.25, -0.2) is 0 Å². The summed E-state index contributed by atoms with van der Waals surface area (Å²) >= 11 is 5.87. The van der Waals surface area contributed by atoms with Gasteiger partial charge in [0.2, 0.25) is 0 Å². The van der Waals surface area contributed by atoms with E-state index in [-0.39, 0.29) is 0 Å². The molecule has 94 valence electrons. The van der Waals surface area contributed by atoms with Gasteiger partial charge in [-0.05, 0) is 43.9 Å². The van der Waals surface area contributed by atoms with Crippen LogP contribution in [0.25, 0.3) is 0 Å². The molecular weight excluding hydrogens is 234 g/mol. The molecule has 0 amide bonds. The van der Waals surface area contributed by atoms with E-state index < -0.39 is 0 Å². The topological polar surface area (TPSA) is 21.3 Å². The van der Waals surface area contributed by atoms with Crippen molar-refractivity contribution in [2.45, 2.75) is 38.3 Å². The van der Waals surface area contributed by atoms with Gasteiger partial charge in [0, 0.05) is 24.2 Å². The third-order valence-corrected chi connectivity index (χ3v) is 3.55. The van der Waals surface area contributed by atoms with Crippen LogP contribution >= 0.6 is 11.6 Å². The minimum Gasteiger partial charge on any atom is -0.377 e. The maximum absolute atomic E-state index is 5.87. The lowest BCUT2D eigenvalue weighted by Crippen LogP contribution is -2.33. The Bertz CT molecular complexity index is 333. The third-order valence-electron chi connectivity index (χ3n) is 3.30. The van der Waals surface area contributed by atoms with E-state index in [1.807, 2.05) is 12.1 Å². The average Bonchev–Trinajstić information content (AvgIpc) is 2.38. The van der Waals surface area contributed by atoms with E-state index in [1.165, 1.54) is 24.8 Å². The average molecular weight is 254 g/mol. The fourth-order valence-corrected chi connectivity index (χ4v) is 2.27. The Hall–Kier alpha value is -0.570. The van der Waals surface area contributed by atoms with Gasteiger partial charge < -0.3 is 10.1 Å². The molecule has 0 aromatic heterocycles. The first-order valence-corrected chi connectivity index (χ1v) is 6.74. The lowest BCUT2D eigenvalue weighted by molar-refractivity contribution is 0.0156. The van der Waals surface area contributed by atoms with Crippen LogP contribution in [0.2, 0.25) is 5.02 Å². The van der Waals surface area contributed by atoms with Crippen LogP contribution < -0.4 is 5.32 Å². The molecule has 0 saturated carbocycles. The summed E-state index contributed by atoms with van der Waals surface area (Å²) in [5.41, 5.74) is 1.27. The smallest absolute Gasteiger partial charge is 0.0699 e. The highest BCUT2D eigenvalue weighted by atomic mass is 35.5. The van der Waals surface area contributed by atoms with Crippen molar-refractivity contribution < 1.29 is 4.74 Å². The Morgan fingerprint density at radius 2 is 2.12 bits per heavy atom. The van der Waals surface area contributed by atoms with Crippen LogP contribution in [0.5, 0.6) is 0 Å². The summed E-state index contributed by atoms with van der Waals surface area (Å²) in [6.45, 7) is 4.03. The molecule has 1 aliphatic rings. The van der Waals surface area contributed by atoms with Gasteiger partial charge in [-0.1, -0.05) is 23.7 Å². The Balaban J connectivity index is 1.80. The molecule has 0 radical (unpaired) electrons. The van der Waals surface area contributed by atoms with Crippen LogP contribution in [0.1, 0.15) is 37.8 Å². The van der Waals surface area contributed by atoms with E-state index in [1.54, 1.807) is 0 Å². The second-order valence-corrected chi connectivity index (χ2v) is 5.11. The minimum atomic E-state index is 0.345. The van der Waals surface area contributed by atoms with Crippen molar-refractivity contribution in [3.63, 3.8) is 0 Å². The molecule has 1 unspecified atom stereocenters. The molecule has 1 aliphatic heterocycles. The summed E-state index contributed by atoms with van der Waals surface area (Å²) in [6, 6.07) is 8.36. The van der Waals surface area contributed by atoms with Gasteiger partial charge in [-0.3, -0.25) is 0 Å². The van der Waals surface area contributed by atoms with Crippen LogP contribution in [0.15, 0.2) is 24.3 Å². The first-order valence-electron chi connectivity index (χ1n) is 6.36. The number of hydrogen-bond acceptors (Lipinski definition) is 2. The molecule has 1 aromatic carbocycles. The van der Waals surface area contributed by atoms with Crippen molar-refractivity contribution >= 4 is 11.6 Å². The molecule has 0 spiro atoms. The molecule has 17 heavy (non-hydrogen) atoms. The van der Waals surface area contributed by atoms with Gasteiger partial charge in [-0.2, -0.15) is 0 Å². The van der Waals surface area contributed by atoms with E-state index in [0.29, 0.717) is 12.1 Å². The second kappa shape index (κ2) is 6.39.